The molecule has 1 unspecified atom stereocenters. The van der Waals surface area contributed by atoms with E-state index in [1.54, 1.807) is 38.2 Å². The highest BCUT2D eigenvalue weighted by Gasteiger charge is 2.70. The minimum atomic E-state index is -0.833. The van der Waals surface area contributed by atoms with Crippen molar-refractivity contribution in [1.82, 2.24) is 29.7 Å². The lowest BCUT2D eigenvalue weighted by Gasteiger charge is -2.35. The van der Waals surface area contributed by atoms with Gasteiger partial charge in [-0.05, 0) is 25.0 Å². The van der Waals surface area contributed by atoms with Crippen molar-refractivity contribution in [1.29, 1.82) is 0 Å². The van der Waals surface area contributed by atoms with Crippen molar-refractivity contribution in [2.75, 3.05) is 33.3 Å². The van der Waals surface area contributed by atoms with E-state index in [0.717, 1.165) is 11.0 Å². The third-order valence-corrected chi connectivity index (χ3v) is 9.72. The van der Waals surface area contributed by atoms with Crippen LogP contribution in [0.5, 0.6) is 0 Å². The summed E-state index contributed by atoms with van der Waals surface area (Å²) in [6, 6.07) is 6.86. The van der Waals surface area contributed by atoms with E-state index in [-0.39, 0.29) is 36.2 Å². The zero-order valence-corrected chi connectivity index (χ0v) is 21.5. The molecule has 6 rings (SSSR count). The number of benzene rings is 1. The molecule has 1 spiro atoms. The minimum Gasteiger partial charge on any atom is -0.396 e. The van der Waals surface area contributed by atoms with Crippen LogP contribution in [0.1, 0.15) is 12.8 Å². The molecule has 2 saturated heterocycles. The van der Waals surface area contributed by atoms with Crippen LogP contribution in [0, 0.1) is 11.8 Å². The summed E-state index contributed by atoms with van der Waals surface area (Å²) in [6.07, 6.45) is 9.12. The maximum atomic E-state index is 14.3. The van der Waals surface area contributed by atoms with E-state index in [1.165, 1.54) is 0 Å². The standard InChI is InChI=1S/C26H30N6O4S/c1-29-12-6-10-19-20(23(29)34)21-24(35)31(14-4-5-15-33)22-25(36)30(13-7-11-26(21,22)37-19)16-32-18-9-3-2-8-17(18)27-28-32/h2-3,6-11,19-22,33H,4-5,12-16H2,1H3/t19-,20+,21+,22?,26+/m1/s1. The highest BCUT2D eigenvalue weighted by Crippen LogP contribution is 2.61. The van der Waals surface area contributed by atoms with Gasteiger partial charge in [0, 0.05) is 38.5 Å². The zero-order chi connectivity index (χ0) is 25.7. The minimum absolute atomic E-state index is 0.0220. The molecule has 4 aliphatic rings. The van der Waals surface area contributed by atoms with Gasteiger partial charge in [0.15, 0.2) is 0 Å². The summed E-state index contributed by atoms with van der Waals surface area (Å²) < 4.78 is 0.871. The fraction of sp³-hybridized carbons (Fsp3) is 0.500. The second-order valence-corrected chi connectivity index (χ2v) is 11.6. The summed E-state index contributed by atoms with van der Waals surface area (Å²) in [5.41, 5.74) is 1.58. The molecule has 3 amide bonds. The molecule has 37 heavy (non-hydrogen) atoms. The summed E-state index contributed by atoms with van der Waals surface area (Å²) in [6.45, 7) is 1.47. The van der Waals surface area contributed by atoms with Crippen LogP contribution in [0.15, 0.2) is 48.6 Å². The van der Waals surface area contributed by atoms with Gasteiger partial charge >= 0.3 is 0 Å². The quantitative estimate of drug-likeness (QED) is 0.443. The lowest BCUT2D eigenvalue weighted by molar-refractivity contribution is -0.144. The first-order chi connectivity index (χ1) is 18.0. The molecule has 2 aromatic rings. The Labute approximate surface area is 218 Å². The lowest BCUT2D eigenvalue weighted by Crippen LogP contribution is -2.53. The number of fused-ring (bicyclic) bond motifs is 3. The Morgan fingerprint density at radius 1 is 1.08 bits per heavy atom. The number of amides is 3. The van der Waals surface area contributed by atoms with Crippen molar-refractivity contribution in [3.63, 3.8) is 0 Å². The molecule has 5 atom stereocenters. The third kappa shape index (κ3) is 3.70. The predicted octanol–water partition coefficient (Wildman–Crippen LogP) is 0.885. The Balaban J connectivity index is 1.39. The molecule has 4 aliphatic heterocycles. The van der Waals surface area contributed by atoms with Crippen LogP contribution in [0.3, 0.4) is 0 Å². The molecule has 11 heteroatoms. The van der Waals surface area contributed by atoms with Crippen LogP contribution in [0.2, 0.25) is 0 Å². The van der Waals surface area contributed by atoms with Gasteiger partial charge in [0.2, 0.25) is 17.7 Å². The number of rotatable bonds is 6. The number of unbranched alkanes of at least 4 members (excludes halogenated alkanes) is 1. The molecule has 194 valence electrons. The number of carbonyl (C=O) groups excluding carboxylic acids is 3. The van der Waals surface area contributed by atoms with Gasteiger partial charge in [0.05, 0.1) is 22.1 Å². The van der Waals surface area contributed by atoms with Gasteiger partial charge in [0.25, 0.3) is 0 Å². The largest absolute Gasteiger partial charge is 0.396 e. The van der Waals surface area contributed by atoms with Gasteiger partial charge in [-0.1, -0.05) is 41.7 Å². The van der Waals surface area contributed by atoms with Crippen molar-refractivity contribution in [2.24, 2.45) is 11.8 Å². The molecule has 0 bridgehead atoms. The van der Waals surface area contributed by atoms with Crippen LogP contribution in [0.25, 0.3) is 11.0 Å². The van der Waals surface area contributed by atoms with E-state index in [1.807, 2.05) is 48.6 Å². The molecular weight excluding hydrogens is 492 g/mol. The number of aromatic nitrogens is 3. The second-order valence-electron chi connectivity index (χ2n) is 10.1. The number of hydrogen-bond acceptors (Lipinski definition) is 7. The van der Waals surface area contributed by atoms with E-state index in [2.05, 4.69) is 10.3 Å². The lowest BCUT2D eigenvalue weighted by atomic mass is 9.78. The molecule has 5 heterocycles. The number of carbonyl (C=O) groups is 3. The molecule has 0 saturated carbocycles. The summed E-state index contributed by atoms with van der Waals surface area (Å²) in [4.78, 5) is 46.8. The van der Waals surface area contributed by atoms with Crippen molar-refractivity contribution < 1.29 is 19.5 Å². The highest BCUT2D eigenvalue weighted by molar-refractivity contribution is 8.02. The third-order valence-electron chi connectivity index (χ3n) is 7.98. The molecular formula is C26H30N6O4S. The van der Waals surface area contributed by atoms with Crippen LogP contribution >= 0.6 is 11.8 Å². The maximum absolute atomic E-state index is 14.3. The van der Waals surface area contributed by atoms with Crippen LogP contribution < -0.4 is 0 Å². The number of thioether (sulfide) groups is 1. The van der Waals surface area contributed by atoms with Crippen LogP contribution in [-0.2, 0) is 21.1 Å². The average Bonchev–Trinajstić information content (AvgIpc) is 3.45. The van der Waals surface area contributed by atoms with Crippen LogP contribution in [-0.4, -0.2) is 102 Å². The number of nitrogens with zero attached hydrogens (tertiary/aromatic N) is 6. The maximum Gasteiger partial charge on any atom is 0.248 e. The molecule has 1 aromatic carbocycles. The summed E-state index contributed by atoms with van der Waals surface area (Å²) >= 11 is 1.58. The van der Waals surface area contributed by atoms with Crippen molar-refractivity contribution in [2.45, 2.75) is 35.5 Å². The predicted molar refractivity (Wildman–Crippen MR) is 138 cm³/mol. The van der Waals surface area contributed by atoms with Crippen LogP contribution in [0.4, 0.5) is 0 Å². The Kier molecular flexibility index (Phi) is 6.07. The number of likely N-dealkylation sites (N-methyl/N-ethyl adjacent to an activating group) is 1. The number of likely N-dealkylation sites (tertiary alicyclic amines) is 1. The Hall–Kier alpha value is -3.18. The fourth-order valence-electron chi connectivity index (χ4n) is 6.25. The summed E-state index contributed by atoms with van der Waals surface area (Å²) in [7, 11) is 1.76. The second kappa shape index (κ2) is 9.29. The normalized spacial score (nSPS) is 31.1. The van der Waals surface area contributed by atoms with E-state index in [9.17, 15) is 19.5 Å². The van der Waals surface area contributed by atoms with Gasteiger partial charge in [-0.15, -0.1) is 16.9 Å². The first kappa shape index (κ1) is 24.2. The Morgan fingerprint density at radius 3 is 2.76 bits per heavy atom. The Morgan fingerprint density at radius 2 is 1.92 bits per heavy atom. The molecule has 1 N–H and O–H groups in total. The molecule has 2 fully saturated rings. The highest BCUT2D eigenvalue weighted by atomic mass is 32.2. The van der Waals surface area contributed by atoms with Crippen molar-refractivity contribution in [3.05, 3.63) is 48.6 Å². The summed E-state index contributed by atoms with van der Waals surface area (Å²) in [5.74, 6) is -1.49. The summed E-state index contributed by atoms with van der Waals surface area (Å²) in [5, 5.41) is 17.7. The van der Waals surface area contributed by atoms with E-state index < -0.39 is 22.6 Å². The smallest absolute Gasteiger partial charge is 0.248 e. The van der Waals surface area contributed by atoms with Crippen molar-refractivity contribution >= 4 is 40.5 Å². The number of para-hydroxylation sites is 1. The molecule has 1 aromatic heterocycles. The first-order valence-electron chi connectivity index (χ1n) is 12.7. The van der Waals surface area contributed by atoms with Gasteiger partial charge in [-0.3, -0.25) is 14.4 Å². The van der Waals surface area contributed by atoms with E-state index >= 15 is 0 Å². The van der Waals surface area contributed by atoms with Gasteiger partial charge in [-0.2, -0.15) is 0 Å². The van der Waals surface area contributed by atoms with E-state index in [4.69, 9.17) is 0 Å². The van der Waals surface area contributed by atoms with Crippen molar-refractivity contribution in [3.8, 4) is 0 Å². The number of hydrogen-bond donors (Lipinski definition) is 1. The number of aliphatic hydroxyl groups is 1. The first-order valence-corrected chi connectivity index (χ1v) is 13.6. The van der Waals surface area contributed by atoms with Gasteiger partial charge < -0.3 is 19.8 Å². The topological polar surface area (TPSA) is 112 Å². The van der Waals surface area contributed by atoms with E-state index in [0.29, 0.717) is 32.5 Å². The average molecular weight is 523 g/mol. The van der Waals surface area contributed by atoms with Gasteiger partial charge in [0.1, 0.15) is 18.2 Å². The number of aliphatic hydroxyl groups excluding tert-OH is 1. The van der Waals surface area contributed by atoms with Gasteiger partial charge in [-0.25, -0.2) is 4.68 Å². The molecule has 0 aliphatic carbocycles. The zero-order valence-electron chi connectivity index (χ0n) is 20.6. The SMILES string of the molecule is CN1CC=C[C@H]2S[C@]34C=CCN(Cn5nnc6ccccc65)C(=O)C3N(CCCCO)C(=O)[C@@H]4[C@H]2C1=O. The monoisotopic (exact) mass is 522 g/mol. The Bertz CT molecular complexity index is 1310. The fourth-order valence-corrected chi connectivity index (χ4v) is 8.26. The molecule has 10 nitrogen and oxygen atoms in total. The molecule has 0 radical (unpaired) electrons.